The molecule has 0 saturated carbocycles. The zero-order chi connectivity index (χ0) is 19.9. The van der Waals surface area contributed by atoms with Crippen molar-refractivity contribution in [3.05, 3.63) is 64.7 Å². The summed E-state index contributed by atoms with van der Waals surface area (Å²) in [6.45, 7) is 6.42. The second-order valence-electron chi connectivity index (χ2n) is 7.54. The molecular formula is C20H20FN5OS. The monoisotopic (exact) mass is 397 g/mol. The number of hydrogen-bond acceptors (Lipinski definition) is 6. The molecule has 144 valence electrons. The Morgan fingerprint density at radius 1 is 1.14 bits per heavy atom. The molecule has 28 heavy (non-hydrogen) atoms. The van der Waals surface area contributed by atoms with Gasteiger partial charge in [0.15, 0.2) is 17.5 Å². The minimum Gasteiger partial charge on any atom is -0.380 e. The Kier molecular flexibility index (Phi) is 4.60. The number of hydrogen-bond donors (Lipinski definition) is 3. The van der Waals surface area contributed by atoms with E-state index in [1.807, 2.05) is 6.07 Å². The molecule has 0 aliphatic rings. The third-order valence-corrected chi connectivity index (χ3v) is 5.86. The minimum atomic E-state index is -1.07. The van der Waals surface area contributed by atoms with Crippen molar-refractivity contribution in [3.63, 3.8) is 0 Å². The van der Waals surface area contributed by atoms with Crippen LogP contribution in [0.4, 0.5) is 16.0 Å². The Labute approximate surface area is 165 Å². The SMILES string of the molecule is CC(C)(C)c1cc2nc(C(O)c3ccc(F)cc3)nc(Nc3cc[nH]n3)c2s1. The van der Waals surface area contributed by atoms with Crippen molar-refractivity contribution in [2.24, 2.45) is 0 Å². The zero-order valence-electron chi connectivity index (χ0n) is 15.7. The molecule has 4 aromatic rings. The first kappa shape index (κ1) is 18.5. The van der Waals surface area contributed by atoms with Crippen LogP contribution in [-0.4, -0.2) is 25.3 Å². The highest BCUT2D eigenvalue weighted by Gasteiger charge is 2.22. The highest BCUT2D eigenvalue weighted by Crippen LogP contribution is 2.38. The van der Waals surface area contributed by atoms with E-state index >= 15 is 0 Å². The molecule has 0 fully saturated rings. The van der Waals surface area contributed by atoms with Crippen LogP contribution < -0.4 is 5.32 Å². The molecule has 0 aliphatic heterocycles. The van der Waals surface area contributed by atoms with Gasteiger partial charge >= 0.3 is 0 Å². The molecule has 0 bridgehead atoms. The predicted molar refractivity (Wildman–Crippen MR) is 108 cm³/mol. The third kappa shape index (κ3) is 3.61. The summed E-state index contributed by atoms with van der Waals surface area (Å²) in [5.41, 5.74) is 1.24. The van der Waals surface area contributed by atoms with Crippen LogP contribution in [0.15, 0.2) is 42.6 Å². The van der Waals surface area contributed by atoms with Gasteiger partial charge in [0, 0.05) is 17.1 Å². The van der Waals surface area contributed by atoms with Gasteiger partial charge in [-0.3, -0.25) is 5.10 Å². The predicted octanol–water partition coefficient (Wildman–Crippen LogP) is 4.68. The second kappa shape index (κ2) is 6.96. The van der Waals surface area contributed by atoms with Crippen molar-refractivity contribution in [1.82, 2.24) is 20.2 Å². The zero-order valence-corrected chi connectivity index (χ0v) is 16.5. The normalized spacial score (nSPS) is 13.0. The molecule has 1 atom stereocenters. The summed E-state index contributed by atoms with van der Waals surface area (Å²) in [6.07, 6.45) is 0.645. The lowest BCUT2D eigenvalue weighted by Crippen LogP contribution is -2.08. The van der Waals surface area contributed by atoms with Gasteiger partial charge in [-0.05, 0) is 29.2 Å². The Morgan fingerprint density at radius 3 is 2.54 bits per heavy atom. The molecule has 1 aromatic carbocycles. The Hall–Kier alpha value is -2.84. The van der Waals surface area contributed by atoms with Gasteiger partial charge in [-0.15, -0.1) is 11.3 Å². The van der Waals surface area contributed by atoms with Crippen molar-refractivity contribution in [3.8, 4) is 0 Å². The molecule has 0 spiro atoms. The second-order valence-corrected chi connectivity index (χ2v) is 8.60. The van der Waals surface area contributed by atoms with Crippen LogP contribution in [0.5, 0.6) is 0 Å². The number of fused-ring (bicyclic) bond motifs is 1. The molecule has 6 nitrogen and oxygen atoms in total. The number of H-pyrrole nitrogens is 1. The molecule has 0 radical (unpaired) electrons. The third-order valence-electron chi connectivity index (χ3n) is 4.31. The molecule has 3 N–H and O–H groups in total. The standard InChI is InChI=1S/C20H20FN5OS/c1-20(2,3)14-10-13-17(28-14)19(24-15-8-9-22-26-15)25-18(23-13)16(27)11-4-6-12(21)7-5-11/h4-10,16,27H,1-3H3,(H2,22,23,24,25,26). The molecule has 0 amide bonds. The molecule has 3 heterocycles. The van der Waals surface area contributed by atoms with E-state index in [1.54, 1.807) is 23.6 Å². The quantitative estimate of drug-likeness (QED) is 0.466. The van der Waals surface area contributed by atoms with E-state index in [9.17, 15) is 9.50 Å². The maximum Gasteiger partial charge on any atom is 0.164 e. The van der Waals surface area contributed by atoms with Gasteiger partial charge in [0.25, 0.3) is 0 Å². The number of benzene rings is 1. The van der Waals surface area contributed by atoms with Gasteiger partial charge in [0.2, 0.25) is 0 Å². The maximum atomic E-state index is 13.2. The van der Waals surface area contributed by atoms with E-state index < -0.39 is 6.10 Å². The number of aliphatic hydroxyl groups is 1. The summed E-state index contributed by atoms with van der Waals surface area (Å²) in [5.74, 6) is 1.08. The van der Waals surface area contributed by atoms with Crippen LogP contribution in [0, 0.1) is 5.82 Å². The summed E-state index contributed by atoms with van der Waals surface area (Å²) >= 11 is 1.61. The number of thiophene rings is 1. The number of rotatable bonds is 4. The molecule has 0 aliphatic carbocycles. The van der Waals surface area contributed by atoms with Crippen LogP contribution in [0.25, 0.3) is 10.2 Å². The van der Waals surface area contributed by atoms with Gasteiger partial charge in [0.05, 0.1) is 10.2 Å². The van der Waals surface area contributed by atoms with E-state index in [1.165, 1.54) is 24.3 Å². The van der Waals surface area contributed by atoms with Gasteiger partial charge in [0.1, 0.15) is 11.9 Å². The summed E-state index contributed by atoms with van der Waals surface area (Å²) in [7, 11) is 0. The lowest BCUT2D eigenvalue weighted by molar-refractivity contribution is 0.210. The van der Waals surface area contributed by atoms with Gasteiger partial charge < -0.3 is 10.4 Å². The Morgan fingerprint density at radius 2 is 1.89 bits per heavy atom. The number of nitrogens with zero attached hydrogens (tertiary/aromatic N) is 3. The van der Waals surface area contributed by atoms with Crippen LogP contribution in [0.2, 0.25) is 0 Å². The molecule has 0 saturated heterocycles. The fourth-order valence-corrected chi connectivity index (χ4v) is 3.87. The first-order valence-electron chi connectivity index (χ1n) is 8.83. The van der Waals surface area contributed by atoms with Crippen molar-refractivity contribution in [1.29, 1.82) is 0 Å². The van der Waals surface area contributed by atoms with E-state index in [2.05, 4.69) is 46.3 Å². The highest BCUT2D eigenvalue weighted by atomic mass is 32.1. The molecule has 1 unspecified atom stereocenters. The summed E-state index contributed by atoms with van der Waals surface area (Å²) in [6, 6.07) is 9.50. The van der Waals surface area contributed by atoms with Crippen LogP contribution in [0.1, 0.15) is 43.1 Å². The lowest BCUT2D eigenvalue weighted by atomic mass is 9.95. The van der Waals surface area contributed by atoms with Gasteiger partial charge in [-0.1, -0.05) is 32.9 Å². The fraction of sp³-hybridized carbons (Fsp3) is 0.250. The Bertz CT molecular complexity index is 1100. The van der Waals surface area contributed by atoms with Crippen molar-refractivity contribution >= 4 is 33.2 Å². The van der Waals surface area contributed by atoms with Crippen molar-refractivity contribution in [2.45, 2.75) is 32.3 Å². The van der Waals surface area contributed by atoms with Crippen molar-refractivity contribution < 1.29 is 9.50 Å². The van der Waals surface area contributed by atoms with Crippen LogP contribution in [0.3, 0.4) is 0 Å². The lowest BCUT2D eigenvalue weighted by Gasteiger charge is -2.14. The Balaban J connectivity index is 1.83. The molecular weight excluding hydrogens is 377 g/mol. The first-order chi connectivity index (χ1) is 13.3. The summed E-state index contributed by atoms with van der Waals surface area (Å²) in [4.78, 5) is 10.3. The van der Waals surface area contributed by atoms with Gasteiger partial charge in [-0.25, -0.2) is 14.4 Å². The number of aliphatic hydroxyl groups excluding tert-OH is 1. The fourth-order valence-electron chi connectivity index (χ4n) is 2.77. The first-order valence-corrected chi connectivity index (χ1v) is 9.65. The average Bonchev–Trinajstić information content (AvgIpc) is 3.30. The molecule has 3 aromatic heterocycles. The van der Waals surface area contributed by atoms with Crippen LogP contribution in [-0.2, 0) is 5.41 Å². The van der Waals surface area contributed by atoms with Crippen LogP contribution >= 0.6 is 11.3 Å². The number of aromatic nitrogens is 4. The molecule has 8 heteroatoms. The molecule has 4 rings (SSSR count). The highest BCUT2D eigenvalue weighted by molar-refractivity contribution is 7.19. The largest absolute Gasteiger partial charge is 0.380 e. The number of aromatic amines is 1. The van der Waals surface area contributed by atoms with E-state index in [0.29, 0.717) is 17.2 Å². The van der Waals surface area contributed by atoms with Crippen molar-refractivity contribution in [2.75, 3.05) is 5.32 Å². The van der Waals surface area contributed by atoms with E-state index in [4.69, 9.17) is 0 Å². The summed E-state index contributed by atoms with van der Waals surface area (Å²) in [5, 5.41) is 20.8. The average molecular weight is 397 g/mol. The van der Waals surface area contributed by atoms with E-state index in [0.717, 1.165) is 15.1 Å². The topological polar surface area (TPSA) is 86.7 Å². The number of nitrogens with one attached hydrogen (secondary N) is 2. The van der Waals surface area contributed by atoms with E-state index in [-0.39, 0.29) is 17.1 Å². The summed E-state index contributed by atoms with van der Waals surface area (Å²) < 4.78 is 14.1. The number of halogens is 1. The minimum absolute atomic E-state index is 0.0370. The smallest absolute Gasteiger partial charge is 0.164 e. The maximum absolute atomic E-state index is 13.2. The number of anilines is 2. The van der Waals surface area contributed by atoms with Gasteiger partial charge in [-0.2, -0.15) is 5.10 Å².